The van der Waals surface area contributed by atoms with Crippen LogP contribution in [0, 0.1) is 0 Å². The van der Waals surface area contributed by atoms with Crippen LogP contribution in [0.25, 0.3) is 0 Å². The van der Waals surface area contributed by atoms with E-state index in [1.807, 2.05) is 31.2 Å². The zero-order valence-electron chi connectivity index (χ0n) is 18.5. The number of carbonyl (C=O) groups excluding carboxylic acids is 1. The second-order valence-electron chi connectivity index (χ2n) is 8.32. The Balaban J connectivity index is 1.35. The van der Waals surface area contributed by atoms with Crippen LogP contribution in [0.1, 0.15) is 38.8 Å². The minimum Gasteiger partial charge on any atom is -0.489 e. The van der Waals surface area contributed by atoms with Gasteiger partial charge in [-0.1, -0.05) is 12.1 Å². The molecule has 1 aromatic heterocycles. The Hall–Kier alpha value is -2.87. The summed E-state index contributed by atoms with van der Waals surface area (Å²) < 4.78 is 11.7. The maximum absolute atomic E-state index is 11.2. The molecule has 8 heteroatoms. The van der Waals surface area contributed by atoms with Gasteiger partial charge in [-0.2, -0.15) is 0 Å². The van der Waals surface area contributed by atoms with Crippen molar-refractivity contribution in [3.8, 4) is 5.75 Å². The third kappa shape index (κ3) is 5.25. The lowest BCUT2D eigenvalue weighted by molar-refractivity contribution is -0.119. The Labute approximate surface area is 183 Å². The number of nitrogens with one attached hydrogen (secondary N) is 1. The maximum atomic E-state index is 11.2. The fourth-order valence-corrected chi connectivity index (χ4v) is 4.18. The fraction of sp³-hybridized carbons (Fsp3) is 0.522. The summed E-state index contributed by atoms with van der Waals surface area (Å²) in [6, 6.07) is 10.3. The molecule has 0 saturated carbocycles. The van der Waals surface area contributed by atoms with Crippen LogP contribution in [0.15, 0.2) is 36.7 Å². The lowest BCUT2D eigenvalue weighted by Crippen LogP contribution is -2.44. The SMILES string of the molecule is CC(=O)N[C@@H](C)c1ccc(O[C@@H]2CCN(c3cc(N4CCOCC4C)ncn3)C2)cc1. The molecule has 1 unspecified atom stereocenters. The van der Waals surface area contributed by atoms with Gasteiger partial charge in [0.1, 0.15) is 29.8 Å². The van der Waals surface area contributed by atoms with Gasteiger partial charge in [0.05, 0.1) is 31.8 Å². The molecule has 3 heterocycles. The zero-order chi connectivity index (χ0) is 21.8. The number of amides is 1. The van der Waals surface area contributed by atoms with Crippen molar-refractivity contribution in [2.75, 3.05) is 42.6 Å². The number of morpholine rings is 1. The number of benzene rings is 1. The van der Waals surface area contributed by atoms with E-state index in [9.17, 15) is 4.79 Å². The van der Waals surface area contributed by atoms with Crippen molar-refractivity contribution in [1.82, 2.24) is 15.3 Å². The van der Waals surface area contributed by atoms with Gasteiger partial charge in [-0.05, 0) is 31.5 Å². The van der Waals surface area contributed by atoms with E-state index in [1.54, 1.807) is 6.33 Å². The van der Waals surface area contributed by atoms with Crippen molar-refractivity contribution < 1.29 is 14.3 Å². The van der Waals surface area contributed by atoms with Gasteiger partial charge in [0.25, 0.3) is 0 Å². The van der Waals surface area contributed by atoms with E-state index in [0.717, 1.165) is 62.2 Å². The highest BCUT2D eigenvalue weighted by molar-refractivity contribution is 5.73. The highest BCUT2D eigenvalue weighted by Crippen LogP contribution is 2.26. The van der Waals surface area contributed by atoms with Crippen LogP contribution in [0.2, 0.25) is 0 Å². The fourth-order valence-electron chi connectivity index (χ4n) is 4.18. The topological polar surface area (TPSA) is 79.8 Å². The normalized spacial score (nSPS) is 22.3. The molecule has 8 nitrogen and oxygen atoms in total. The Bertz CT molecular complexity index is 891. The third-order valence-electron chi connectivity index (χ3n) is 5.87. The number of nitrogens with zero attached hydrogens (tertiary/aromatic N) is 4. The van der Waals surface area contributed by atoms with Crippen LogP contribution < -0.4 is 19.9 Å². The van der Waals surface area contributed by atoms with Gasteiger partial charge in [-0.15, -0.1) is 0 Å². The van der Waals surface area contributed by atoms with Gasteiger partial charge in [0.15, 0.2) is 0 Å². The maximum Gasteiger partial charge on any atom is 0.217 e. The molecule has 31 heavy (non-hydrogen) atoms. The number of aromatic nitrogens is 2. The van der Waals surface area contributed by atoms with Crippen LogP contribution in [-0.2, 0) is 9.53 Å². The summed E-state index contributed by atoms with van der Waals surface area (Å²) >= 11 is 0. The smallest absolute Gasteiger partial charge is 0.217 e. The Morgan fingerprint density at radius 1 is 1.23 bits per heavy atom. The summed E-state index contributed by atoms with van der Waals surface area (Å²) in [5.41, 5.74) is 1.06. The molecule has 1 N–H and O–H groups in total. The number of carbonyl (C=O) groups is 1. The number of hydrogen-bond acceptors (Lipinski definition) is 7. The van der Waals surface area contributed by atoms with Crippen LogP contribution in [-0.4, -0.2) is 60.9 Å². The van der Waals surface area contributed by atoms with E-state index in [-0.39, 0.29) is 18.1 Å². The molecule has 0 bridgehead atoms. The zero-order valence-corrected chi connectivity index (χ0v) is 18.5. The summed E-state index contributed by atoms with van der Waals surface area (Å²) in [7, 11) is 0. The second kappa shape index (κ2) is 9.51. The van der Waals surface area contributed by atoms with Crippen molar-refractivity contribution >= 4 is 17.5 Å². The third-order valence-corrected chi connectivity index (χ3v) is 5.87. The largest absolute Gasteiger partial charge is 0.489 e. The van der Waals surface area contributed by atoms with E-state index in [4.69, 9.17) is 9.47 Å². The molecule has 2 aromatic rings. The Morgan fingerprint density at radius 2 is 2.00 bits per heavy atom. The first-order chi connectivity index (χ1) is 15.0. The van der Waals surface area contributed by atoms with E-state index < -0.39 is 0 Å². The molecule has 0 spiro atoms. The van der Waals surface area contributed by atoms with E-state index in [0.29, 0.717) is 6.04 Å². The Morgan fingerprint density at radius 3 is 2.74 bits per heavy atom. The van der Waals surface area contributed by atoms with Crippen LogP contribution in [0.3, 0.4) is 0 Å². The van der Waals surface area contributed by atoms with Gasteiger partial charge in [-0.25, -0.2) is 9.97 Å². The lowest BCUT2D eigenvalue weighted by Gasteiger charge is -2.34. The first-order valence-electron chi connectivity index (χ1n) is 10.9. The summed E-state index contributed by atoms with van der Waals surface area (Å²) in [4.78, 5) is 24.8. The molecule has 4 rings (SSSR count). The minimum absolute atomic E-state index is 0.0188. The number of hydrogen-bond donors (Lipinski definition) is 1. The summed E-state index contributed by atoms with van der Waals surface area (Å²) in [5, 5.41) is 2.90. The highest BCUT2D eigenvalue weighted by atomic mass is 16.5. The average molecular weight is 426 g/mol. The first kappa shape index (κ1) is 21.4. The molecule has 2 saturated heterocycles. The van der Waals surface area contributed by atoms with Crippen molar-refractivity contribution in [1.29, 1.82) is 0 Å². The summed E-state index contributed by atoms with van der Waals surface area (Å²) in [5.74, 6) is 2.70. The standard InChI is InChI=1S/C23H31N5O3/c1-16-14-30-11-10-28(16)23-12-22(24-15-25-23)27-9-8-21(13-27)31-20-6-4-19(5-7-20)17(2)26-18(3)29/h4-7,12,15-17,21H,8-11,13-14H2,1-3H3,(H,26,29)/t16?,17-,21+/m0/s1. The second-order valence-corrected chi connectivity index (χ2v) is 8.32. The predicted octanol–water partition coefficient (Wildman–Crippen LogP) is 2.56. The molecular weight excluding hydrogens is 394 g/mol. The van der Waals surface area contributed by atoms with E-state index >= 15 is 0 Å². The molecule has 0 radical (unpaired) electrons. The molecule has 2 aliphatic rings. The molecule has 2 fully saturated rings. The van der Waals surface area contributed by atoms with Crippen LogP contribution in [0.5, 0.6) is 5.75 Å². The quantitative estimate of drug-likeness (QED) is 0.762. The molecule has 1 aromatic carbocycles. The van der Waals surface area contributed by atoms with E-state index in [1.165, 1.54) is 6.92 Å². The number of ether oxygens (including phenoxy) is 2. The van der Waals surface area contributed by atoms with Crippen LogP contribution >= 0.6 is 0 Å². The van der Waals surface area contributed by atoms with Gasteiger partial charge >= 0.3 is 0 Å². The lowest BCUT2D eigenvalue weighted by atomic mass is 10.1. The predicted molar refractivity (Wildman–Crippen MR) is 120 cm³/mol. The minimum atomic E-state index is -0.0326. The molecule has 3 atom stereocenters. The highest BCUT2D eigenvalue weighted by Gasteiger charge is 2.27. The van der Waals surface area contributed by atoms with Gasteiger partial charge in [-0.3, -0.25) is 4.79 Å². The molecule has 166 valence electrons. The van der Waals surface area contributed by atoms with Gasteiger partial charge in [0, 0.05) is 32.5 Å². The molecule has 1 amide bonds. The average Bonchev–Trinajstić information content (AvgIpc) is 3.23. The van der Waals surface area contributed by atoms with Crippen molar-refractivity contribution in [3.63, 3.8) is 0 Å². The molecule has 0 aliphatic carbocycles. The Kier molecular flexibility index (Phi) is 6.56. The molecule has 2 aliphatic heterocycles. The van der Waals surface area contributed by atoms with Crippen molar-refractivity contribution in [2.45, 2.75) is 45.4 Å². The van der Waals surface area contributed by atoms with Gasteiger partial charge < -0.3 is 24.6 Å². The first-order valence-corrected chi connectivity index (χ1v) is 10.9. The van der Waals surface area contributed by atoms with Crippen molar-refractivity contribution in [2.24, 2.45) is 0 Å². The number of anilines is 2. The van der Waals surface area contributed by atoms with Crippen LogP contribution in [0.4, 0.5) is 11.6 Å². The monoisotopic (exact) mass is 425 g/mol. The number of rotatable bonds is 6. The van der Waals surface area contributed by atoms with E-state index in [2.05, 4.69) is 38.1 Å². The summed E-state index contributed by atoms with van der Waals surface area (Å²) in [6.07, 6.45) is 2.70. The summed E-state index contributed by atoms with van der Waals surface area (Å²) in [6.45, 7) is 9.65. The van der Waals surface area contributed by atoms with Crippen molar-refractivity contribution in [3.05, 3.63) is 42.2 Å². The van der Waals surface area contributed by atoms with Gasteiger partial charge in [0.2, 0.25) is 5.91 Å². The molecular formula is C23H31N5O3.